The van der Waals surface area contributed by atoms with Crippen LogP contribution in [0.5, 0.6) is 5.75 Å². The molecule has 1 aromatic rings. The minimum Gasteiger partial charge on any atom is -0.508 e. The second-order valence-corrected chi connectivity index (χ2v) is 4.37. The molecule has 0 radical (unpaired) electrons. The van der Waals surface area contributed by atoms with Gasteiger partial charge in [-0.15, -0.1) is 0 Å². The number of rotatable bonds is 3. The predicted octanol–water partition coefficient (Wildman–Crippen LogP) is 2.53. The molecule has 0 aliphatic heterocycles. The van der Waals surface area contributed by atoms with Crippen molar-refractivity contribution in [1.29, 1.82) is 0 Å². The molecule has 0 heterocycles. The minimum atomic E-state index is -1.00. The van der Waals surface area contributed by atoms with Crippen molar-refractivity contribution >= 4 is 0 Å². The van der Waals surface area contributed by atoms with Gasteiger partial charge >= 0.3 is 0 Å². The number of halogens is 1. The fraction of sp³-hybridized carbons (Fsp3) is 0.500. The van der Waals surface area contributed by atoms with Gasteiger partial charge in [0.15, 0.2) is 0 Å². The summed E-state index contributed by atoms with van der Waals surface area (Å²) in [6.07, 6.45) is 1.80. The number of hydrogen-bond donors (Lipinski definition) is 2. The minimum absolute atomic E-state index is 0.168. The summed E-state index contributed by atoms with van der Waals surface area (Å²) in [4.78, 5) is 0. The number of aromatic hydroxyl groups is 1. The summed E-state index contributed by atoms with van der Waals surface area (Å²) in [5.41, 5.74) is 5.92. The maximum absolute atomic E-state index is 14.2. The third kappa shape index (κ3) is 1.72. The van der Waals surface area contributed by atoms with Gasteiger partial charge in [0.1, 0.15) is 11.9 Å². The maximum atomic E-state index is 14.2. The van der Waals surface area contributed by atoms with E-state index in [4.69, 9.17) is 10.8 Å². The van der Waals surface area contributed by atoms with Gasteiger partial charge in [0, 0.05) is 12.0 Å². The lowest BCUT2D eigenvalue weighted by Crippen LogP contribution is -2.41. The SMILES string of the molecule is NCC1(C(F)c2ccc(O)cc2)CCC1. The first-order valence-corrected chi connectivity index (χ1v) is 5.31. The Morgan fingerprint density at radius 3 is 2.33 bits per heavy atom. The van der Waals surface area contributed by atoms with Gasteiger partial charge in [0.2, 0.25) is 0 Å². The summed E-state index contributed by atoms with van der Waals surface area (Å²) >= 11 is 0. The lowest BCUT2D eigenvalue weighted by molar-refractivity contribution is 0.0284. The smallest absolute Gasteiger partial charge is 0.132 e. The Kier molecular flexibility index (Phi) is 2.65. The van der Waals surface area contributed by atoms with Crippen molar-refractivity contribution < 1.29 is 9.50 Å². The fourth-order valence-corrected chi connectivity index (χ4v) is 2.19. The lowest BCUT2D eigenvalue weighted by Gasteiger charge is -2.43. The topological polar surface area (TPSA) is 46.2 Å². The van der Waals surface area contributed by atoms with Gasteiger partial charge in [0.05, 0.1) is 0 Å². The Bertz CT molecular complexity index is 326. The van der Waals surface area contributed by atoms with E-state index in [0.717, 1.165) is 19.3 Å². The van der Waals surface area contributed by atoms with Crippen molar-refractivity contribution in [2.45, 2.75) is 25.4 Å². The van der Waals surface area contributed by atoms with Crippen molar-refractivity contribution in [3.8, 4) is 5.75 Å². The highest BCUT2D eigenvalue weighted by Crippen LogP contribution is 2.51. The molecule has 0 saturated heterocycles. The summed E-state index contributed by atoms with van der Waals surface area (Å²) in [5.74, 6) is 0.168. The molecular formula is C12H16FNO. The summed E-state index contributed by atoms with van der Waals surface area (Å²) < 4.78 is 14.2. The zero-order valence-electron chi connectivity index (χ0n) is 8.62. The lowest BCUT2D eigenvalue weighted by atomic mass is 9.64. The average Bonchev–Trinajstić information content (AvgIpc) is 2.18. The molecule has 82 valence electrons. The number of phenols is 1. The molecule has 1 atom stereocenters. The van der Waals surface area contributed by atoms with Crippen LogP contribution in [-0.4, -0.2) is 11.7 Å². The van der Waals surface area contributed by atoms with E-state index < -0.39 is 6.17 Å². The fourth-order valence-electron chi connectivity index (χ4n) is 2.19. The Hall–Kier alpha value is -1.09. The molecule has 1 aliphatic rings. The molecule has 1 unspecified atom stereocenters. The number of phenolic OH excluding ortho intramolecular Hbond substituents is 1. The van der Waals surface area contributed by atoms with E-state index in [1.54, 1.807) is 12.1 Å². The quantitative estimate of drug-likeness (QED) is 0.803. The normalized spacial score (nSPS) is 20.7. The van der Waals surface area contributed by atoms with E-state index >= 15 is 0 Å². The van der Waals surface area contributed by atoms with Crippen molar-refractivity contribution in [3.63, 3.8) is 0 Å². The molecule has 1 fully saturated rings. The van der Waals surface area contributed by atoms with Crippen molar-refractivity contribution in [3.05, 3.63) is 29.8 Å². The van der Waals surface area contributed by atoms with Crippen LogP contribution in [0, 0.1) is 5.41 Å². The Labute approximate surface area is 88.9 Å². The van der Waals surface area contributed by atoms with Crippen LogP contribution in [0.4, 0.5) is 4.39 Å². The summed E-state index contributed by atoms with van der Waals surface area (Å²) in [6, 6.07) is 6.31. The maximum Gasteiger partial charge on any atom is 0.132 e. The third-order valence-corrected chi connectivity index (χ3v) is 3.48. The summed E-state index contributed by atoms with van der Waals surface area (Å²) in [7, 11) is 0. The second kappa shape index (κ2) is 3.81. The van der Waals surface area contributed by atoms with E-state index in [-0.39, 0.29) is 11.2 Å². The van der Waals surface area contributed by atoms with Crippen molar-refractivity contribution in [2.75, 3.05) is 6.54 Å². The molecule has 3 heteroatoms. The first-order valence-electron chi connectivity index (χ1n) is 5.31. The van der Waals surface area contributed by atoms with Crippen LogP contribution in [0.2, 0.25) is 0 Å². The van der Waals surface area contributed by atoms with Gasteiger partial charge in [-0.05, 0) is 30.5 Å². The second-order valence-electron chi connectivity index (χ2n) is 4.37. The molecule has 2 nitrogen and oxygen atoms in total. The highest BCUT2D eigenvalue weighted by atomic mass is 19.1. The molecular weight excluding hydrogens is 193 g/mol. The molecule has 1 aliphatic carbocycles. The van der Waals surface area contributed by atoms with Crippen molar-refractivity contribution in [2.24, 2.45) is 11.1 Å². The standard InChI is InChI=1S/C12H16FNO/c13-11(12(8-14)6-1-7-12)9-2-4-10(15)5-3-9/h2-5,11,15H,1,6-8,14H2. The molecule has 1 aromatic carbocycles. The van der Waals surface area contributed by atoms with Crippen LogP contribution in [0.3, 0.4) is 0 Å². The van der Waals surface area contributed by atoms with Crippen LogP contribution in [0.15, 0.2) is 24.3 Å². The molecule has 0 spiro atoms. The van der Waals surface area contributed by atoms with Gasteiger partial charge < -0.3 is 10.8 Å². The van der Waals surface area contributed by atoms with E-state index in [0.29, 0.717) is 12.1 Å². The van der Waals surface area contributed by atoms with Gasteiger partial charge in [-0.25, -0.2) is 4.39 Å². The first kappa shape index (κ1) is 10.4. The number of benzene rings is 1. The van der Waals surface area contributed by atoms with E-state index in [1.165, 1.54) is 12.1 Å². The predicted molar refractivity (Wildman–Crippen MR) is 57.3 cm³/mol. The first-order chi connectivity index (χ1) is 7.18. The van der Waals surface area contributed by atoms with Gasteiger partial charge in [0.25, 0.3) is 0 Å². The van der Waals surface area contributed by atoms with E-state index in [9.17, 15) is 4.39 Å². The molecule has 1 saturated carbocycles. The highest BCUT2D eigenvalue weighted by molar-refractivity contribution is 5.29. The Morgan fingerprint density at radius 2 is 1.93 bits per heavy atom. The molecule has 0 bridgehead atoms. The third-order valence-electron chi connectivity index (χ3n) is 3.48. The molecule has 0 aromatic heterocycles. The number of hydrogen-bond acceptors (Lipinski definition) is 2. The zero-order chi connectivity index (χ0) is 10.9. The largest absolute Gasteiger partial charge is 0.508 e. The monoisotopic (exact) mass is 209 g/mol. The molecule has 0 amide bonds. The highest BCUT2D eigenvalue weighted by Gasteiger charge is 2.44. The van der Waals surface area contributed by atoms with Crippen LogP contribution >= 0.6 is 0 Å². The number of alkyl halides is 1. The summed E-state index contributed by atoms with van der Waals surface area (Å²) in [6.45, 7) is 0.398. The van der Waals surface area contributed by atoms with Crippen LogP contribution < -0.4 is 5.73 Å². The number of nitrogens with two attached hydrogens (primary N) is 1. The summed E-state index contributed by atoms with van der Waals surface area (Å²) in [5, 5.41) is 9.12. The average molecular weight is 209 g/mol. The zero-order valence-corrected chi connectivity index (χ0v) is 8.62. The molecule has 3 N–H and O–H groups in total. The Morgan fingerprint density at radius 1 is 1.33 bits per heavy atom. The van der Waals surface area contributed by atoms with Crippen LogP contribution in [-0.2, 0) is 0 Å². The van der Waals surface area contributed by atoms with E-state index in [2.05, 4.69) is 0 Å². The van der Waals surface area contributed by atoms with E-state index in [1.807, 2.05) is 0 Å². The van der Waals surface area contributed by atoms with Gasteiger partial charge in [-0.2, -0.15) is 0 Å². The van der Waals surface area contributed by atoms with Gasteiger partial charge in [-0.3, -0.25) is 0 Å². The van der Waals surface area contributed by atoms with Crippen LogP contribution in [0.1, 0.15) is 31.0 Å². The van der Waals surface area contributed by atoms with Crippen LogP contribution in [0.25, 0.3) is 0 Å². The molecule has 2 rings (SSSR count). The molecule has 15 heavy (non-hydrogen) atoms. The Balaban J connectivity index is 2.19. The van der Waals surface area contributed by atoms with Crippen molar-refractivity contribution in [1.82, 2.24) is 0 Å². The van der Waals surface area contributed by atoms with Gasteiger partial charge in [-0.1, -0.05) is 18.6 Å².